The average molecular weight is 1060 g/mol. The Balaban J connectivity index is 0.954. The lowest BCUT2D eigenvalue weighted by molar-refractivity contribution is -0.164. The van der Waals surface area contributed by atoms with Crippen LogP contribution in [-0.4, -0.2) is 97.1 Å². The Bertz CT molecular complexity index is 2760. The molecule has 380 valence electrons. The first-order valence-corrected chi connectivity index (χ1v) is 28.3. The number of amides is 2. The van der Waals surface area contributed by atoms with Gasteiger partial charge in [-0.3, -0.25) is 24.2 Å². The zero-order chi connectivity index (χ0) is 51.3. The highest BCUT2D eigenvalue weighted by atomic mass is 35.5. The van der Waals surface area contributed by atoms with Crippen LogP contribution in [0.1, 0.15) is 64.6 Å². The monoisotopic (exact) mass is 1060 g/mol. The number of rotatable bonds is 23. The van der Waals surface area contributed by atoms with Crippen molar-refractivity contribution in [1.82, 2.24) is 20.2 Å². The molecule has 7 aromatic rings. The largest absolute Gasteiger partial charge is 0.354 e. The highest BCUT2D eigenvalue weighted by Crippen LogP contribution is 2.50. The quantitative estimate of drug-likeness (QED) is 0.0389. The van der Waals surface area contributed by atoms with Crippen LogP contribution in [0.25, 0.3) is 5.57 Å². The topological polar surface area (TPSA) is 65.1 Å². The Morgan fingerprint density at radius 2 is 1.08 bits per heavy atom. The highest BCUT2D eigenvalue weighted by molar-refractivity contribution is 8.00. The number of hydrogen-bond acceptors (Lipinski definition) is 7. The number of nitrogens with zero attached hydrogens (tertiary/aromatic N) is 3. The summed E-state index contributed by atoms with van der Waals surface area (Å²) in [6.07, 6.45) is 3.38. The number of fused-ring (bicyclic) bond motifs is 2. The van der Waals surface area contributed by atoms with E-state index in [1.165, 1.54) is 45.6 Å². The molecule has 11 heteroatoms. The third-order valence-electron chi connectivity index (χ3n) is 14.6. The van der Waals surface area contributed by atoms with Crippen LogP contribution < -0.4 is 5.32 Å². The molecule has 0 spiro atoms. The molecular formula is C63H64Cl2N4O3S2. The van der Waals surface area contributed by atoms with Gasteiger partial charge in [-0.15, -0.1) is 23.5 Å². The predicted octanol–water partition coefficient (Wildman–Crippen LogP) is 13.3. The van der Waals surface area contributed by atoms with Crippen molar-refractivity contribution in [2.45, 2.75) is 47.3 Å². The van der Waals surface area contributed by atoms with Crippen LogP contribution in [0, 0.1) is 0 Å². The Hall–Kier alpha value is -5.62. The Kier molecular flexibility index (Phi) is 18.2. The number of benzene rings is 7. The smallest absolute Gasteiger partial charge is 0.274 e. The first kappa shape index (κ1) is 53.2. The van der Waals surface area contributed by atoms with Crippen LogP contribution in [0.15, 0.2) is 206 Å². The van der Waals surface area contributed by atoms with E-state index in [4.69, 9.17) is 28.0 Å². The normalized spacial score (nSPS) is 15.9. The maximum Gasteiger partial charge on any atom is 0.274 e. The van der Waals surface area contributed by atoms with Crippen LogP contribution in [0.2, 0.25) is 10.0 Å². The van der Waals surface area contributed by atoms with Crippen molar-refractivity contribution >= 4 is 64.1 Å². The summed E-state index contributed by atoms with van der Waals surface area (Å²) >= 11 is 16.7. The summed E-state index contributed by atoms with van der Waals surface area (Å²) in [5.41, 5.74) is 9.88. The molecule has 1 fully saturated rings. The molecule has 0 aliphatic carbocycles. The standard InChI is InChI=1S/C63H64Cl2N4O3S2/c1-67(72-2)61(71)60-55(47-34-36-56(64)57(65)44-47)45-54-35-37-58(60)69(54)40-21-39-68(41-43-74-63(51-28-15-6-16-29-51,52-30-17-7-18-31-52)53-32-19-8-20-33-53)46-59(70)66-38-42-73-62(48-22-9-3-10-23-48,49-24-11-4-12-25-49)50-26-13-5-14-27-50/h3-20,22-34,36,44,54,58H,21,35,37-43,45-46H2,1-2H3,(H,66,70). The van der Waals surface area contributed by atoms with E-state index in [1.54, 1.807) is 7.05 Å². The molecule has 0 saturated carbocycles. The van der Waals surface area contributed by atoms with E-state index >= 15 is 0 Å². The summed E-state index contributed by atoms with van der Waals surface area (Å²) in [5.74, 6) is 1.32. The molecule has 2 aliphatic heterocycles. The van der Waals surface area contributed by atoms with Gasteiger partial charge in [-0.2, -0.15) is 0 Å². The molecule has 1 saturated heterocycles. The van der Waals surface area contributed by atoms with Gasteiger partial charge < -0.3 is 5.32 Å². The number of halogens is 2. The number of thioether (sulfide) groups is 2. The first-order valence-electron chi connectivity index (χ1n) is 25.6. The predicted molar refractivity (Wildman–Crippen MR) is 309 cm³/mol. The molecule has 0 aromatic heterocycles. The minimum Gasteiger partial charge on any atom is -0.354 e. The molecule has 2 bridgehead atoms. The molecule has 2 heterocycles. The van der Waals surface area contributed by atoms with Gasteiger partial charge in [0.15, 0.2) is 0 Å². The Labute approximate surface area is 456 Å². The number of carbonyl (C=O) groups excluding carboxylic acids is 2. The fourth-order valence-corrected chi connectivity index (χ4v) is 14.4. The minimum atomic E-state index is -0.485. The minimum absolute atomic E-state index is 0.00324. The highest BCUT2D eigenvalue weighted by Gasteiger charge is 2.45. The zero-order valence-electron chi connectivity index (χ0n) is 42.1. The molecule has 7 nitrogen and oxygen atoms in total. The van der Waals surface area contributed by atoms with Gasteiger partial charge in [0.1, 0.15) is 0 Å². The lowest BCUT2D eigenvalue weighted by atomic mass is 9.84. The number of likely N-dealkylation sites (N-methyl/N-ethyl adjacent to an activating group) is 1. The van der Waals surface area contributed by atoms with E-state index < -0.39 is 9.49 Å². The number of carbonyl (C=O) groups is 2. The second-order valence-electron chi connectivity index (χ2n) is 18.9. The van der Waals surface area contributed by atoms with Crippen molar-refractivity contribution in [2.24, 2.45) is 0 Å². The summed E-state index contributed by atoms with van der Waals surface area (Å²) in [5, 5.41) is 5.63. The molecule has 74 heavy (non-hydrogen) atoms. The van der Waals surface area contributed by atoms with Crippen LogP contribution in [-0.2, 0) is 23.9 Å². The van der Waals surface area contributed by atoms with Gasteiger partial charge in [0.2, 0.25) is 5.91 Å². The van der Waals surface area contributed by atoms with E-state index in [0.29, 0.717) is 41.9 Å². The van der Waals surface area contributed by atoms with Gasteiger partial charge in [0, 0.05) is 55.8 Å². The van der Waals surface area contributed by atoms with E-state index in [0.717, 1.165) is 48.3 Å². The maximum atomic E-state index is 14.4. The lowest BCUT2D eigenvalue weighted by Gasteiger charge is -2.39. The van der Waals surface area contributed by atoms with Crippen molar-refractivity contribution in [3.8, 4) is 0 Å². The molecule has 2 aliphatic rings. The molecule has 2 amide bonds. The molecule has 0 radical (unpaired) electrons. The van der Waals surface area contributed by atoms with Crippen molar-refractivity contribution in [1.29, 1.82) is 0 Å². The van der Waals surface area contributed by atoms with Crippen molar-refractivity contribution in [3.63, 3.8) is 0 Å². The van der Waals surface area contributed by atoms with Crippen LogP contribution in [0.4, 0.5) is 0 Å². The second kappa shape index (κ2) is 25.3. The summed E-state index contributed by atoms with van der Waals surface area (Å²) in [4.78, 5) is 38.9. The van der Waals surface area contributed by atoms with Gasteiger partial charge in [-0.25, -0.2) is 5.06 Å². The van der Waals surface area contributed by atoms with Gasteiger partial charge in [0.05, 0.1) is 33.2 Å². The fraction of sp³-hybridized carbons (Fsp3) is 0.270. The van der Waals surface area contributed by atoms with Gasteiger partial charge in [0.25, 0.3) is 5.91 Å². The second-order valence-corrected chi connectivity index (χ2v) is 22.4. The summed E-state index contributed by atoms with van der Waals surface area (Å²) < 4.78 is -0.961. The third-order valence-corrected chi connectivity index (χ3v) is 18.4. The first-order chi connectivity index (χ1) is 36.2. The molecule has 2 atom stereocenters. The zero-order valence-corrected chi connectivity index (χ0v) is 45.3. The number of nitrogens with one attached hydrogen (secondary N) is 1. The number of hydroxylamine groups is 2. The van der Waals surface area contributed by atoms with E-state index in [9.17, 15) is 9.59 Å². The van der Waals surface area contributed by atoms with Crippen LogP contribution in [0.5, 0.6) is 0 Å². The van der Waals surface area contributed by atoms with Crippen LogP contribution >= 0.6 is 46.7 Å². The lowest BCUT2D eigenvalue weighted by Crippen LogP contribution is -2.46. The van der Waals surface area contributed by atoms with Crippen LogP contribution in [0.3, 0.4) is 0 Å². The molecule has 2 unspecified atom stereocenters. The van der Waals surface area contributed by atoms with E-state index in [-0.39, 0.29) is 30.4 Å². The summed E-state index contributed by atoms with van der Waals surface area (Å²) in [6, 6.07) is 70.3. The third kappa shape index (κ3) is 11.8. The van der Waals surface area contributed by atoms with Gasteiger partial charge >= 0.3 is 0 Å². The van der Waals surface area contributed by atoms with E-state index in [1.807, 2.05) is 41.7 Å². The molecule has 9 rings (SSSR count). The van der Waals surface area contributed by atoms with Gasteiger partial charge in [-0.1, -0.05) is 211 Å². The fourth-order valence-electron chi connectivity index (χ4n) is 11.1. The molecule has 7 aromatic carbocycles. The average Bonchev–Trinajstić information content (AvgIpc) is 3.73. The van der Waals surface area contributed by atoms with E-state index in [2.05, 4.69) is 197 Å². The van der Waals surface area contributed by atoms with Crippen molar-refractivity contribution in [3.05, 3.63) is 255 Å². The Morgan fingerprint density at radius 1 is 0.622 bits per heavy atom. The SMILES string of the molecule is CON(C)C(=O)C1=C(c2ccc(Cl)c(Cl)c2)CC2CCC1N2CCCN(CCSC(c1ccccc1)(c1ccccc1)c1ccccc1)CC(=O)NCCSC(c1ccccc1)(c1ccccc1)c1ccccc1. The van der Waals surface area contributed by atoms with Gasteiger partial charge in [-0.05, 0) is 88.9 Å². The number of hydrogen-bond donors (Lipinski definition) is 1. The summed E-state index contributed by atoms with van der Waals surface area (Å²) in [7, 11) is 3.19. The Morgan fingerprint density at radius 3 is 1.53 bits per heavy atom. The maximum absolute atomic E-state index is 14.4. The van der Waals surface area contributed by atoms with Crippen molar-refractivity contribution < 1.29 is 14.4 Å². The molecule has 1 N–H and O–H groups in total. The summed E-state index contributed by atoms with van der Waals surface area (Å²) in [6.45, 7) is 2.95. The molecular weight excluding hydrogens is 996 g/mol. The van der Waals surface area contributed by atoms with Crippen molar-refractivity contribution in [2.75, 3.05) is 58.4 Å².